The van der Waals surface area contributed by atoms with Gasteiger partial charge in [-0.15, -0.1) is 0 Å². The van der Waals surface area contributed by atoms with Crippen molar-refractivity contribution >= 4 is 71.5 Å². The molecule has 0 atom stereocenters. The molecule has 0 spiro atoms. The largest absolute Gasteiger partial charge is 0.457 e. The molecule has 1 aliphatic carbocycles. The van der Waals surface area contributed by atoms with Crippen LogP contribution in [0, 0.1) is 0 Å². The summed E-state index contributed by atoms with van der Waals surface area (Å²) in [5.74, 6) is 3.53. The molecule has 0 amide bonds. The summed E-state index contributed by atoms with van der Waals surface area (Å²) in [5, 5.41) is 9.54. The van der Waals surface area contributed by atoms with Gasteiger partial charge in [0.25, 0.3) is 0 Å². The van der Waals surface area contributed by atoms with Gasteiger partial charge in [0.15, 0.2) is 17.2 Å². The lowest BCUT2D eigenvalue weighted by Gasteiger charge is -2.35. The first-order chi connectivity index (χ1) is 33.7. The minimum Gasteiger partial charge on any atom is -0.457 e. The fourth-order valence-electron chi connectivity index (χ4n) is 11.1. The van der Waals surface area contributed by atoms with Crippen LogP contribution in [0.15, 0.2) is 242 Å². The second kappa shape index (κ2) is 15.4. The maximum atomic E-state index is 6.61. The van der Waals surface area contributed by atoms with Crippen molar-refractivity contribution < 1.29 is 9.47 Å². The van der Waals surface area contributed by atoms with E-state index in [-0.39, 0.29) is 0 Å². The third-order valence-electron chi connectivity index (χ3n) is 14.0. The molecule has 11 aromatic rings. The van der Waals surface area contributed by atoms with Crippen molar-refractivity contribution in [2.75, 3.05) is 9.80 Å². The van der Waals surface area contributed by atoms with Gasteiger partial charge in [0.2, 0.25) is 0 Å². The first kappa shape index (κ1) is 38.4. The Morgan fingerprint density at radius 2 is 0.868 bits per heavy atom. The van der Waals surface area contributed by atoms with Gasteiger partial charge in [0.05, 0.1) is 22.8 Å². The van der Waals surface area contributed by atoms with Crippen molar-refractivity contribution in [3.63, 3.8) is 0 Å². The molecule has 14 rings (SSSR count). The van der Waals surface area contributed by atoms with Gasteiger partial charge in [0, 0.05) is 17.8 Å². The van der Waals surface area contributed by atoms with Crippen molar-refractivity contribution in [2.24, 2.45) is 0 Å². The summed E-state index contributed by atoms with van der Waals surface area (Å²) in [5.41, 5.74) is 13.4. The van der Waals surface area contributed by atoms with E-state index in [1.165, 1.54) is 76.5 Å². The van der Waals surface area contributed by atoms with E-state index in [1.807, 2.05) is 12.1 Å². The number of hydrogen-bond donors (Lipinski definition) is 0. The molecule has 2 aliphatic heterocycles. The number of benzene rings is 11. The Labute approximate surface area is 394 Å². The van der Waals surface area contributed by atoms with Gasteiger partial charge < -0.3 is 19.3 Å². The number of nitrogens with zero attached hydrogens (tertiary/aromatic N) is 2. The van der Waals surface area contributed by atoms with E-state index < -0.39 is 0 Å². The molecule has 0 saturated carbocycles. The number of anilines is 5. The van der Waals surface area contributed by atoms with Crippen molar-refractivity contribution in [3.8, 4) is 50.6 Å². The van der Waals surface area contributed by atoms with Crippen LogP contribution in [0.2, 0.25) is 0 Å². The molecule has 0 N–H and O–H groups in total. The molecule has 2 heterocycles. The lowest BCUT2D eigenvalue weighted by molar-refractivity contribution is 0.388. The van der Waals surface area contributed by atoms with Crippen LogP contribution < -0.4 is 19.3 Å². The molecular formula is C64H42N2O2. The summed E-state index contributed by atoms with van der Waals surface area (Å²) in [6.07, 6.45) is 6.31. The highest BCUT2D eigenvalue weighted by Crippen LogP contribution is 2.54. The molecule has 0 bridgehead atoms. The molecule has 4 nitrogen and oxygen atoms in total. The smallest absolute Gasteiger partial charge is 0.151 e. The highest BCUT2D eigenvalue weighted by molar-refractivity contribution is 6.26. The predicted octanol–water partition coefficient (Wildman–Crippen LogP) is 18.0. The average Bonchev–Trinajstić information content (AvgIpc) is 3.40. The van der Waals surface area contributed by atoms with Crippen molar-refractivity contribution in [3.05, 3.63) is 242 Å². The zero-order valence-electron chi connectivity index (χ0n) is 37.1. The zero-order chi connectivity index (χ0) is 44.7. The molecule has 3 aliphatic rings. The highest BCUT2D eigenvalue weighted by atomic mass is 16.5. The second-order valence-corrected chi connectivity index (χ2v) is 17.8. The normalized spacial score (nSPS) is 13.8. The van der Waals surface area contributed by atoms with Gasteiger partial charge in [-0.05, 0) is 150 Å². The van der Waals surface area contributed by atoms with E-state index in [9.17, 15) is 0 Å². The van der Waals surface area contributed by atoms with Gasteiger partial charge in [-0.3, -0.25) is 0 Å². The monoisotopic (exact) mass is 870 g/mol. The third-order valence-corrected chi connectivity index (χ3v) is 14.0. The highest BCUT2D eigenvalue weighted by Gasteiger charge is 2.31. The summed E-state index contributed by atoms with van der Waals surface area (Å²) < 4.78 is 13.1. The van der Waals surface area contributed by atoms with Gasteiger partial charge in [-0.2, -0.15) is 0 Å². The number of ether oxygens (including phenoxy) is 2. The molecule has 0 unspecified atom stereocenters. The SMILES string of the molecule is C1=CC2=C(CC1)Oc1ccccc1N2c1ccc2c(-c3ccc(-c4ccccc4)c4ccccc34)c3cc(N4c5ccccc5Oc5ccccc54)ccc3c(-c3cccc4ccccc34)c2c1. The Bertz CT molecular complexity index is 3890. The minimum absolute atomic E-state index is 0.826. The van der Waals surface area contributed by atoms with Crippen LogP contribution in [-0.4, -0.2) is 0 Å². The van der Waals surface area contributed by atoms with Crippen LogP contribution >= 0.6 is 0 Å². The van der Waals surface area contributed by atoms with E-state index in [4.69, 9.17) is 9.47 Å². The standard InChI is InChI=1S/C64H42N2O2/c1-2-17-41(18-3-1)46-37-38-50(48-23-7-6-22-47(46)48)64-52-36-34-43(65-55-25-8-12-29-59(55)67-60-30-13-9-26-56(60)65)39-53(52)63(49-24-16-20-42-19-4-5-21-45(42)49)51-35-33-44(40-54(51)64)66-57-27-10-14-31-61(57)68-62-32-15-11-28-58(62)66/h1-12,14-29,31-40H,13,30H2. The topological polar surface area (TPSA) is 24.9 Å². The minimum atomic E-state index is 0.826. The van der Waals surface area contributed by atoms with Crippen LogP contribution in [0.5, 0.6) is 17.2 Å². The zero-order valence-corrected chi connectivity index (χ0v) is 37.1. The summed E-state index contributed by atoms with van der Waals surface area (Å²) in [4.78, 5) is 4.76. The maximum Gasteiger partial charge on any atom is 0.151 e. The molecule has 4 heteroatoms. The van der Waals surface area contributed by atoms with E-state index in [2.05, 4.69) is 228 Å². The molecule has 320 valence electrons. The maximum absolute atomic E-state index is 6.61. The lowest BCUT2D eigenvalue weighted by atomic mass is 9.82. The van der Waals surface area contributed by atoms with Crippen molar-refractivity contribution in [1.82, 2.24) is 0 Å². The third kappa shape index (κ3) is 5.94. The Morgan fingerprint density at radius 1 is 0.353 bits per heavy atom. The van der Waals surface area contributed by atoms with Crippen LogP contribution in [0.4, 0.5) is 28.4 Å². The molecule has 0 aromatic heterocycles. The number of hydrogen-bond acceptors (Lipinski definition) is 4. The molecular weight excluding hydrogens is 829 g/mol. The van der Waals surface area contributed by atoms with Crippen molar-refractivity contribution in [1.29, 1.82) is 0 Å². The number of allylic oxidation sites excluding steroid dienone is 3. The fraction of sp³-hybridized carbons (Fsp3) is 0.0312. The molecule has 0 radical (unpaired) electrons. The Kier molecular flexibility index (Phi) is 8.68. The van der Waals surface area contributed by atoms with Crippen LogP contribution in [0.25, 0.3) is 76.5 Å². The number of para-hydroxylation sites is 6. The Hall–Kier alpha value is -8.86. The summed E-state index contributed by atoms with van der Waals surface area (Å²) >= 11 is 0. The van der Waals surface area contributed by atoms with E-state index in [0.717, 1.165) is 70.0 Å². The lowest BCUT2D eigenvalue weighted by Crippen LogP contribution is -2.24. The predicted molar refractivity (Wildman–Crippen MR) is 282 cm³/mol. The number of rotatable bonds is 5. The van der Waals surface area contributed by atoms with Crippen molar-refractivity contribution in [2.45, 2.75) is 12.8 Å². The first-order valence-corrected chi connectivity index (χ1v) is 23.5. The second-order valence-electron chi connectivity index (χ2n) is 17.8. The van der Waals surface area contributed by atoms with E-state index >= 15 is 0 Å². The molecule has 0 fully saturated rings. The Balaban J connectivity index is 1.13. The van der Waals surface area contributed by atoms with E-state index in [0.29, 0.717) is 0 Å². The number of fused-ring (bicyclic) bond motifs is 7. The van der Waals surface area contributed by atoms with Crippen LogP contribution in [0.3, 0.4) is 0 Å². The Morgan fingerprint density at radius 3 is 1.56 bits per heavy atom. The van der Waals surface area contributed by atoms with E-state index in [1.54, 1.807) is 0 Å². The molecule has 0 saturated heterocycles. The van der Waals surface area contributed by atoms with Gasteiger partial charge >= 0.3 is 0 Å². The first-order valence-electron chi connectivity index (χ1n) is 23.5. The average molecular weight is 871 g/mol. The van der Waals surface area contributed by atoms with Gasteiger partial charge in [-0.1, -0.05) is 164 Å². The molecule has 11 aromatic carbocycles. The van der Waals surface area contributed by atoms with Crippen LogP contribution in [0.1, 0.15) is 12.8 Å². The fourth-order valence-corrected chi connectivity index (χ4v) is 11.1. The van der Waals surface area contributed by atoms with Gasteiger partial charge in [0.1, 0.15) is 5.76 Å². The quantitative estimate of drug-likeness (QED) is 0.161. The summed E-state index contributed by atoms with van der Waals surface area (Å²) in [6, 6.07) is 79.3. The van der Waals surface area contributed by atoms with Crippen LogP contribution in [-0.2, 0) is 0 Å². The molecule has 68 heavy (non-hydrogen) atoms. The van der Waals surface area contributed by atoms with Gasteiger partial charge in [-0.25, -0.2) is 0 Å². The summed E-state index contributed by atoms with van der Waals surface area (Å²) in [7, 11) is 0. The summed E-state index contributed by atoms with van der Waals surface area (Å²) in [6.45, 7) is 0.